The second-order valence-electron chi connectivity index (χ2n) is 35.3. The number of allylic oxidation sites excluding steroid dienone is 2. The molecule has 0 radical (unpaired) electrons. The second-order valence-corrected chi connectivity index (χ2v) is 35.3. The van der Waals surface area contributed by atoms with Gasteiger partial charge in [-0.2, -0.15) is 0 Å². The van der Waals surface area contributed by atoms with Crippen LogP contribution in [0.2, 0.25) is 0 Å². The fourth-order valence-electron chi connectivity index (χ4n) is 29.2. The molecule has 0 saturated heterocycles. The summed E-state index contributed by atoms with van der Waals surface area (Å²) in [4.78, 5) is 84.0. The van der Waals surface area contributed by atoms with Crippen LogP contribution in [-0.4, -0.2) is 15.8 Å². The molecule has 37 rings (SSSR count). The van der Waals surface area contributed by atoms with Crippen molar-refractivity contribution in [3.8, 4) is 0 Å². The van der Waals surface area contributed by atoms with Crippen LogP contribution in [0.5, 0.6) is 0 Å². The lowest BCUT2D eigenvalue weighted by Crippen LogP contribution is -2.47. The van der Waals surface area contributed by atoms with Crippen molar-refractivity contribution < 1.29 is 4.79 Å². The van der Waals surface area contributed by atoms with E-state index in [2.05, 4.69) is 90.1 Å². The van der Waals surface area contributed by atoms with Crippen molar-refractivity contribution >= 4 is 340 Å². The van der Waals surface area contributed by atoms with E-state index in [4.69, 9.17) is 9.97 Å². The molecule has 0 N–H and O–H groups in total. The predicted octanol–water partition coefficient (Wildman–Crippen LogP) is 21.6. The molecule has 0 aliphatic heterocycles. The van der Waals surface area contributed by atoms with Gasteiger partial charge in [-0.15, -0.1) is 0 Å². The number of hydrogen-bond acceptors (Lipinski definition) is 6. The van der Waals surface area contributed by atoms with Gasteiger partial charge in [0, 0.05) is 227 Å². The molecular formula is C92H26N2O4. The van der Waals surface area contributed by atoms with Gasteiger partial charge in [-0.3, -0.25) is 29.1 Å². The molecule has 98 heavy (non-hydrogen) atoms. The molecule has 6 nitrogen and oxygen atoms in total. The normalized spacial score (nSPS) is 19.9. The highest BCUT2D eigenvalue weighted by Gasteiger charge is 2.61. The molecule has 0 unspecified atom stereocenters. The molecule has 0 bridgehead atoms. The van der Waals surface area contributed by atoms with Crippen LogP contribution in [0.15, 0.2) is 62.9 Å². The molecule has 6 heteroatoms. The van der Waals surface area contributed by atoms with Gasteiger partial charge in [0.25, 0.3) is 0 Å². The standard InChI is InChI=1S/C92H26N2O4/c1-89(2,3)15-9-7-11-17(93-15)91-13-14-92(18-12-8-10-16(94-18)90(4,5)6)84-76-66-56-48-37-30-23-21-22-20-19-24(23)32-38(30)50-55(48)65(66)75(83(84)91)71-61(50)49-39(32)33-25(19)28-26(20)35-40-29(22)34-27(21)31(37)42-47-45(34)58-52(40)57-44(35)46-36(28)41-43(33)54(49)64-63-53(41)59(46)69(78-73(63)81(82(91)74(64)71)87(97)86(78)96)67(57)77-68(58)70-60(47)62(51(42)56)72(76)80(88(92)98)79(70)85(77)95/h7-14H,1-6H3/t91-,92-/m1/s1. The zero-order valence-corrected chi connectivity index (χ0v) is 52.1. The van der Waals surface area contributed by atoms with Gasteiger partial charge in [0.05, 0.1) is 16.8 Å². The Morgan fingerprint density at radius 3 is 0.796 bits per heavy atom. The van der Waals surface area contributed by atoms with Gasteiger partial charge in [0.15, 0.2) is 11.2 Å². The Morgan fingerprint density at radius 1 is 0.224 bits per heavy atom. The number of hydrogen-bond donors (Lipinski definition) is 0. The zero-order chi connectivity index (χ0) is 61.8. The van der Waals surface area contributed by atoms with Crippen molar-refractivity contribution in [2.75, 3.05) is 0 Å². The van der Waals surface area contributed by atoms with E-state index in [1.165, 1.54) is 215 Å². The first-order chi connectivity index (χ1) is 47.8. The van der Waals surface area contributed by atoms with Crippen LogP contribution in [0.25, 0.3) is 334 Å². The van der Waals surface area contributed by atoms with Crippen molar-refractivity contribution in [1.29, 1.82) is 0 Å². The predicted molar refractivity (Wildman–Crippen MR) is 406 cm³/mol. The lowest BCUT2D eigenvalue weighted by atomic mass is 9.52. The summed E-state index contributed by atoms with van der Waals surface area (Å²) in [5.41, 5.74) is 1.49. The average Bonchev–Trinajstić information content (AvgIpc) is 1.38. The van der Waals surface area contributed by atoms with E-state index in [1.807, 2.05) is 0 Å². The number of rotatable bonds is 2. The Kier molecular flexibility index (Phi) is 4.32. The zero-order valence-electron chi connectivity index (χ0n) is 52.1. The lowest BCUT2D eigenvalue weighted by Gasteiger charge is -2.48. The quantitative estimate of drug-likeness (QED) is 0.0741. The SMILES string of the molecule is CC(C)(C)c1cccc([C@]23C=C[C@]4(c5cccc(C(C)(C)C)n5)c5c2c2c6c(c7c(=O)c8c9c7c7c6c6c%10c2c2c5c5c%11c4c4c(=O)c(=O)c%12c4c4c%11c%11c%13c5c5c2c%10c2c%10c6c7c6c9c7c9c8c%12c8c4c4c%11c%11c%13c%12c5c2c2c%12c5c%11c%11c4c8c9c4c7c7c6c%10c2c7c5c4%11)C3=O)n1. The first-order valence-electron chi connectivity index (χ1n) is 35.4. The van der Waals surface area contributed by atoms with Crippen molar-refractivity contribution in [2.24, 2.45) is 0 Å². The highest BCUT2D eigenvalue weighted by Crippen LogP contribution is 2.80. The van der Waals surface area contributed by atoms with Crippen molar-refractivity contribution in [3.05, 3.63) is 124 Å². The van der Waals surface area contributed by atoms with Crippen LogP contribution in [0.3, 0.4) is 0 Å². The Morgan fingerprint density at radius 2 is 0.449 bits per heavy atom. The summed E-state index contributed by atoms with van der Waals surface area (Å²) in [5, 5.41) is 74.1. The summed E-state index contributed by atoms with van der Waals surface area (Å²) in [6.45, 7) is 13.3. The van der Waals surface area contributed by atoms with Crippen LogP contribution in [0.4, 0.5) is 0 Å². The molecule has 0 spiro atoms. The van der Waals surface area contributed by atoms with E-state index >= 15 is 19.2 Å². The van der Waals surface area contributed by atoms with Crippen molar-refractivity contribution in [2.45, 2.75) is 63.2 Å². The first-order valence-corrected chi connectivity index (χ1v) is 35.4. The van der Waals surface area contributed by atoms with E-state index in [1.54, 1.807) is 0 Å². The minimum absolute atomic E-state index is 0.120. The van der Waals surface area contributed by atoms with E-state index < -0.39 is 32.5 Å². The van der Waals surface area contributed by atoms with Gasteiger partial charge in [0.2, 0.25) is 10.9 Å². The number of carbonyl (C=O) groups is 1. The van der Waals surface area contributed by atoms with Gasteiger partial charge >= 0.3 is 0 Å². The summed E-state index contributed by atoms with van der Waals surface area (Å²) in [5.74, 6) is -0.120. The van der Waals surface area contributed by atoms with Crippen LogP contribution >= 0.6 is 0 Å². The van der Waals surface area contributed by atoms with Crippen LogP contribution < -0.4 is 16.3 Å². The number of Topliss-reactive ketones (excluding diaryl/α,β-unsaturated/α-hetero) is 1. The Bertz CT molecular complexity index is 10200. The number of ketones is 1. The summed E-state index contributed by atoms with van der Waals surface area (Å²) >= 11 is 0. The van der Waals surface area contributed by atoms with Gasteiger partial charge in [-0.25, -0.2) is 0 Å². The fourth-order valence-corrected chi connectivity index (χ4v) is 29.2. The lowest BCUT2D eigenvalue weighted by molar-refractivity contribution is 0.0937. The van der Waals surface area contributed by atoms with Gasteiger partial charge in [-0.1, -0.05) is 65.8 Å². The molecule has 3 aliphatic rings. The van der Waals surface area contributed by atoms with Gasteiger partial charge in [0.1, 0.15) is 5.41 Å². The minimum atomic E-state index is -1.61. The van der Waals surface area contributed by atoms with Crippen molar-refractivity contribution in [3.63, 3.8) is 0 Å². The van der Waals surface area contributed by atoms with Crippen LogP contribution in [0.1, 0.15) is 91.4 Å². The molecule has 2 atom stereocenters. The Hall–Kier alpha value is -11.9. The number of carbonyl (C=O) groups excluding carboxylic acids is 1. The largest absolute Gasteiger partial charge is 0.292 e. The van der Waals surface area contributed by atoms with Crippen LogP contribution in [0, 0.1) is 0 Å². The highest BCUT2D eigenvalue weighted by molar-refractivity contribution is 6.82. The summed E-state index contributed by atoms with van der Waals surface area (Å²) in [6.07, 6.45) is 4.57. The smallest absolute Gasteiger partial charge is 0.234 e. The van der Waals surface area contributed by atoms with E-state index in [-0.39, 0.29) is 11.2 Å². The van der Waals surface area contributed by atoms with E-state index in [9.17, 15) is 0 Å². The number of fused-ring (bicyclic) bond motifs is 6. The third kappa shape index (κ3) is 2.67. The molecule has 0 amide bonds. The van der Waals surface area contributed by atoms with Crippen LogP contribution in [-0.2, 0) is 21.7 Å². The Labute approximate surface area is 538 Å². The van der Waals surface area contributed by atoms with Gasteiger partial charge in [-0.05, 0) is 176 Å². The molecule has 0 saturated carbocycles. The minimum Gasteiger partial charge on any atom is -0.292 e. The average molecular weight is 1220 g/mol. The molecule has 0 fully saturated rings. The third-order valence-electron chi connectivity index (χ3n) is 31.1. The Balaban J connectivity index is 1.05. The monoisotopic (exact) mass is 1220 g/mol. The second kappa shape index (κ2) is 10.1. The fraction of sp³-hybridized carbons (Fsp3) is 0.109. The maximum absolute atomic E-state index is 18.8. The molecule has 2 heterocycles. The van der Waals surface area contributed by atoms with E-state index in [0.29, 0.717) is 32.8 Å². The number of benzene rings is 22. The molecule has 3 aliphatic carbocycles. The maximum Gasteiger partial charge on any atom is 0.234 e. The molecule has 428 valence electrons. The number of nitrogens with zero attached hydrogens (tertiary/aromatic N) is 2. The number of aromatic nitrogens is 2. The summed E-state index contributed by atoms with van der Waals surface area (Å²) < 4.78 is 0. The van der Waals surface area contributed by atoms with Gasteiger partial charge < -0.3 is 0 Å². The first kappa shape index (κ1) is 41.9. The molecule has 32 aromatic carbocycles. The third-order valence-corrected chi connectivity index (χ3v) is 31.1. The summed E-state index contributed by atoms with van der Waals surface area (Å²) in [7, 11) is 0. The maximum atomic E-state index is 18.8. The summed E-state index contributed by atoms with van der Waals surface area (Å²) in [6, 6.07) is 12.9. The topological polar surface area (TPSA) is 94.1 Å². The number of pyridine rings is 2. The van der Waals surface area contributed by atoms with Crippen molar-refractivity contribution in [1.82, 2.24) is 9.97 Å². The molecule has 2 aromatic heterocycles. The molecule has 34 aromatic rings. The van der Waals surface area contributed by atoms with E-state index in [0.717, 1.165) is 131 Å². The molecular weight excluding hydrogens is 1200 g/mol. The highest BCUT2D eigenvalue weighted by atomic mass is 16.2.